The lowest BCUT2D eigenvalue weighted by Crippen LogP contribution is -2.19. The van der Waals surface area contributed by atoms with E-state index < -0.39 is 11.0 Å². The van der Waals surface area contributed by atoms with Gasteiger partial charge in [0.15, 0.2) is 5.16 Å². The summed E-state index contributed by atoms with van der Waals surface area (Å²) in [6.07, 6.45) is 5.10. The van der Waals surface area contributed by atoms with Crippen molar-refractivity contribution in [3.8, 4) is 0 Å². The maximum atomic E-state index is 11.7. The van der Waals surface area contributed by atoms with E-state index in [4.69, 9.17) is 0 Å². The van der Waals surface area contributed by atoms with Crippen molar-refractivity contribution in [1.29, 1.82) is 0 Å². The van der Waals surface area contributed by atoms with Gasteiger partial charge in [0.05, 0.1) is 16.7 Å². The van der Waals surface area contributed by atoms with Crippen molar-refractivity contribution in [3.63, 3.8) is 0 Å². The van der Waals surface area contributed by atoms with Crippen LogP contribution in [0.4, 0.5) is 0 Å². The standard InChI is InChI=1S/C10H15N3OS2/c1-10(2,3)16(14)12-7-8-5-6-11-9(13-8)15-4/h5-7H,1-4H3/t16-/m0/s1. The van der Waals surface area contributed by atoms with Gasteiger partial charge in [0.2, 0.25) is 0 Å². The fourth-order valence-corrected chi connectivity index (χ4v) is 1.67. The lowest BCUT2D eigenvalue weighted by molar-refractivity contribution is 0.651. The topological polar surface area (TPSA) is 55.2 Å². The van der Waals surface area contributed by atoms with Gasteiger partial charge in [-0.1, -0.05) is 11.8 Å². The van der Waals surface area contributed by atoms with E-state index in [2.05, 4.69) is 14.4 Å². The third-order valence-corrected chi connectivity index (χ3v) is 3.55. The van der Waals surface area contributed by atoms with Crippen LogP contribution in [0.2, 0.25) is 0 Å². The minimum atomic E-state index is -1.24. The van der Waals surface area contributed by atoms with Crippen LogP contribution in [0, 0.1) is 0 Å². The molecule has 0 fully saturated rings. The van der Waals surface area contributed by atoms with Crippen LogP contribution in [0.1, 0.15) is 26.5 Å². The Kier molecular flexibility index (Phi) is 4.61. The first-order valence-corrected chi connectivity index (χ1v) is 7.10. The van der Waals surface area contributed by atoms with E-state index in [1.165, 1.54) is 18.0 Å². The first-order valence-electron chi connectivity index (χ1n) is 4.76. The summed E-state index contributed by atoms with van der Waals surface area (Å²) in [4.78, 5) is 8.26. The lowest BCUT2D eigenvalue weighted by Gasteiger charge is -2.12. The highest BCUT2D eigenvalue weighted by atomic mass is 32.2. The molecule has 16 heavy (non-hydrogen) atoms. The normalized spacial score (nSPS) is 14.2. The Hall–Kier alpha value is -0.750. The number of thioether (sulfide) groups is 1. The van der Waals surface area contributed by atoms with E-state index in [1.54, 1.807) is 12.3 Å². The summed E-state index contributed by atoms with van der Waals surface area (Å²) in [6, 6.07) is 1.74. The third kappa shape index (κ3) is 4.02. The van der Waals surface area contributed by atoms with Gasteiger partial charge in [-0.3, -0.25) is 0 Å². The maximum Gasteiger partial charge on any atom is 0.187 e. The molecule has 0 aliphatic rings. The average Bonchev–Trinajstić information content (AvgIpc) is 2.25. The van der Waals surface area contributed by atoms with Crippen molar-refractivity contribution >= 4 is 29.0 Å². The molecule has 1 rings (SSSR count). The van der Waals surface area contributed by atoms with Crippen LogP contribution in [0.25, 0.3) is 0 Å². The van der Waals surface area contributed by atoms with Crippen LogP contribution < -0.4 is 0 Å². The van der Waals surface area contributed by atoms with Gasteiger partial charge < -0.3 is 0 Å². The van der Waals surface area contributed by atoms with E-state index in [1.807, 2.05) is 27.0 Å². The van der Waals surface area contributed by atoms with Gasteiger partial charge >= 0.3 is 0 Å². The minimum Gasteiger partial charge on any atom is -0.234 e. The quantitative estimate of drug-likeness (QED) is 0.472. The summed E-state index contributed by atoms with van der Waals surface area (Å²) in [6.45, 7) is 5.65. The molecule has 88 valence electrons. The largest absolute Gasteiger partial charge is 0.234 e. The van der Waals surface area contributed by atoms with Crippen LogP contribution in [0.5, 0.6) is 0 Å². The molecule has 6 heteroatoms. The minimum absolute atomic E-state index is 0.341. The molecule has 0 bridgehead atoms. The second-order valence-electron chi connectivity index (χ2n) is 4.06. The van der Waals surface area contributed by atoms with Gasteiger partial charge in [-0.2, -0.15) is 4.40 Å². The van der Waals surface area contributed by atoms with Gasteiger partial charge in [-0.05, 0) is 33.1 Å². The zero-order valence-corrected chi connectivity index (χ0v) is 11.4. The van der Waals surface area contributed by atoms with Gasteiger partial charge in [0.1, 0.15) is 11.0 Å². The number of rotatable bonds is 3. The van der Waals surface area contributed by atoms with Crippen LogP contribution >= 0.6 is 11.8 Å². The predicted molar refractivity (Wildman–Crippen MR) is 69.3 cm³/mol. The summed E-state index contributed by atoms with van der Waals surface area (Å²) in [7, 11) is -1.24. The van der Waals surface area contributed by atoms with Crippen molar-refractivity contribution < 1.29 is 4.21 Å². The van der Waals surface area contributed by atoms with Gasteiger partial charge in [0, 0.05) is 6.20 Å². The Morgan fingerprint density at radius 3 is 2.75 bits per heavy atom. The summed E-state index contributed by atoms with van der Waals surface area (Å²) in [5.74, 6) is 0. The molecule has 0 unspecified atom stereocenters. The van der Waals surface area contributed by atoms with Crippen LogP contribution in [0.15, 0.2) is 21.8 Å². The monoisotopic (exact) mass is 257 g/mol. The number of hydrogen-bond acceptors (Lipinski definition) is 4. The van der Waals surface area contributed by atoms with E-state index in [0.717, 1.165) is 0 Å². The highest BCUT2D eigenvalue weighted by Crippen LogP contribution is 2.12. The molecular formula is C10H15N3OS2. The van der Waals surface area contributed by atoms with Gasteiger partial charge in [0.25, 0.3) is 0 Å². The number of nitrogens with zero attached hydrogens (tertiary/aromatic N) is 3. The summed E-state index contributed by atoms with van der Waals surface area (Å²) < 4.78 is 15.3. The molecule has 0 saturated carbocycles. The fraction of sp³-hybridized carbons (Fsp3) is 0.500. The van der Waals surface area contributed by atoms with Crippen molar-refractivity contribution in [2.45, 2.75) is 30.7 Å². The fourth-order valence-electron chi connectivity index (χ4n) is 0.784. The highest BCUT2D eigenvalue weighted by molar-refractivity contribution is 7.98. The first kappa shape index (κ1) is 13.3. The summed E-state index contributed by atoms with van der Waals surface area (Å²) >= 11 is 1.46. The molecule has 0 aromatic carbocycles. The van der Waals surface area contributed by atoms with Gasteiger partial charge in [-0.15, -0.1) is 0 Å². The molecule has 0 amide bonds. The Morgan fingerprint density at radius 2 is 2.19 bits per heavy atom. The van der Waals surface area contributed by atoms with Crippen molar-refractivity contribution in [3.05, 3.63) is 18.0 Å². The maximum absolute atomic E-state index is 11.7. The zero-order valence-electron chi connectivity index (χ0n) is 9.80. The lowest BCUT2D eigenvalue weighted by atomic mass is 10.3. The molecule has 0 aliphatic heterocycles. The molecule has 0 aliphatic carbocycles. The highest BCUT2D eigenvalue weighted by Gasteiger charge is 2.18. The number of hydrogen-bond donors (Lipinski definition) is 0. The van der Waals surface area contributed by atoms with Crippen molar-refractivity contribution in [2.75, 3.05) is 6.26 Å². The molecule has 1 aromatic rings. The molecule has 1 heterocycles. The van der Waals surface area contributed by atoms with E-state index in [-0.39, 0.29) is 4.75 Å². The Bertz CT molecular complexity index is 413. The molecule has 1 atom stereocenters. The molecule has 1 aromatic heterocycles. The SMILES string of the molecule is CSc1nccc(C=N[S@@](=O)C(C)(C)C)n1. The van der Waals surface area contributed by atoms with E-state index in [0.29, 0.717) is 10.9 Å². The summed E-state index contributed by atoms with van der Waals surface area (Å²) in [5, 5.41) is 0.686. The smallest absolute Gasteiger partial charge is 0.187 e. The zero-order chi connectivity index (χ0) is 12.2. The van der Waals surface area contributed by atoms with Crippen LogP contribution in [-0.4, -0.2) is 31.4 Å². The summed E-state index contributed by atoms with van der Waals surface area (Å²) in [5.41, 5.74) is 0.678. The third-order valence-electron chi connectivity index (χ3n) is 1.64. The van der Waals surface area contributed by atoms with Crippen molar-refractivity contribution in [2.24, 2.45) is 4.40 Å². The molecular weight excluding hydrogens is 242 g/mol. The Labute approximate surface area is 103 Å². The van der Waals surface area contributed by atoms with Crippen molar-refractivity contribution in [1.82, 2.24) is 9.97 Å². The molecule has 0 spiro atoms. The Morgan fingerprint density at radius 1 is 1.50 bits per heavy atom. The molecule has 0 saturated heterocycles. The van der Waals surface area contributed by atoms with E-state index >= 15 is 0 Å². The molecule has 0 N–H and O–H groups in total. The second-order valence-corrected chi connectivity index (χ2v) is 6.77. The predicted octanol–water partition coefficient (Wildman–Crippen LogP) is 2.08. The first-order chi connectivity index (χ1) is 7.43. The molecule has 0 radical (unpaired) electrons. The second kappa shape index (κ2) is 5.54. The molecule has 4 nitrogen and oxygen atoms in total. The van der Waals surface area contributed by atoms with Crippen LogP contribution in [0.3, 0.4) is 0 Å². The van der Waals surface area contributed by atoms with Gasteiger partial charge in [-0.25, -0.2) is 14.2 Å². The number of aromatic nitrogens is 2. The Balaban J connectivity index is 2.80. The van der Waals surface area contributed by atoms with E-state index in [9.17, 15) is 4.21 Å². The van der Waals surface area contributed by atoms with Crippen LogP contribution in [-0.2, 0) is 11.0 Å². The average molecular weight is 257 g/mol.